The van der Waals surface area contributed by atoms with E-state index in [0.29, 0.717) is 13.1 Å². The van der Waals surface area contributed by atoms with Gasteiger partial charge in [-0.25, -0.2) is 0 Å². The van der Waals surface area contributed by atoms with Crippen LogP contribution in [0, 0.1) is 0 Å². The Kier molecular flexibility index (Phi) is 13.7. The van der Waals surface area contributed by atoms with Crippen molar-refractivity contribution < 1.29 is 66.0 Å². The summed E-state index contributed by atoms with van der Waals surface area (Å²) in [5.41, 5.74) is 0. The van der Waals surface area contributed by atoms with Gasteiger partial charge in [0, 0.05) is 25.2 Å². The van der Waals surface area contributed by atoms with Gasteiger partial charge in [-0.1, -0.05) is 0 Å². The Morgan fingerprint density at radius 2 is 0.675 bits per heavy atom. The Balaban J connectivity index is 0. The zero-order valence-corrected chi connectivity index (χ0v) is 23.5. The van der Waals surface area contributed by atoms with E-state index < -0.39 is 0 Å². The Morgan fingerprint density at radius 3 is 0.900 bits per heavy atom. The average Bonchev–Trinajstić information content (AvgIpc) is 2.77. The molecule has 4 fully saturated rings. The number of nitrogens with one attached hydrogen (secondary N) is 4. The van der Waals surface area contributed by atoms with E-state index in [-0.39, 0.29) is 139 Å². The molecule has 0 saturated carbocycles. The molecule has 4 aliphatic rings. The summed E-state index contributed by atoms with van der Waals surface area (Å²) in [5, 5.41) is 8.91. The molecule has 224 valence electrons. The van der Waals surface area contributed by atoms with Gasteiger partial charge in [0.15, 0.2) is 0 Å². The molecular formula is C22H34Cl2N8O8. The number of halogens is 2. The molecule has 16 nitrogen and oxygen atoms in total. The van der Waals surface area contributed by atoms with Crippen LogP contribution < -0.4 is 46.1 Å². The maximum absolute atomic E-state index is 11.3. The lowest BCUT2D eigenvalue weighted by Crippen LogP contribution is -3.00. The summed E-state index contributed by atoms with van der Waals surface area (Å²) in [4.78, 5) is 97.0. The predicted octanol–water partition coefficient (Wildman–Crippen LogP) is -11.2. The minimum Gasteiger partial charge on any atom is -1.00 e. The third kappa shape index (κ3) is 10.9. The SMILES string of the molecule is C[C@@H](CN1CC(=O)NC(=O)C1)N1CC(=O)NC(=O)C1.C[C@@H](CN1CC(=O)NC(=O)C1)N1CC(=O)NC(=O)C1.[Cl-].[Cl-].[H+].[H+]. The number of rotatable bonds is 6. The molecule has 4 aliphatic heterocycles. The van der Waals surface area contributed by atoms with Crippen LogP contribution in [0.5, 0.6) is 0 Å². The Hall–Kier alpha value is -3.02. The zero-order chi connectivity index (χ0) is 28.0. The second-order valence-electron chi connectivity index (χ2n) is 9.73. The fourth-order valence-electron chi connectivity index (χ4n) is 4.57. The largest absolute Gasteiger partial charge is 1.00 e. The number of piperazine rings is 4. The first kappa shape index (κ1) is 35.0. The molecule has 40 heavy (non-hydrogen) atoms. The van der Waals surface area contributed by atoms with Crippen LogP contribution in [0.2, 0.25) is 0 Å². The summed E-state index contributed by atoms with van der Waals surface area (Å²) < 4.78 is 0. The molecule has 4 saturated heterocycles. The molecule has 18 heteroatoms. The van der Waals surface area contributed by atoms with Crippen molar-refractivity contribution in [2.45, 2.75) is 25.9 Å². The molecule has 0 radical (unpaired) electrons. The summed E-state index contributed by atoms with van der Waals surface area (Å²) in [5.74, 6) is -2.59. The van der Waals surface area contributed by atoms with E-state index in [2.05, 4.69) is 21.3 Å². The van der Waals surface area contributed by atoms with Crippen molar-refractivity contribution in [1.82, 2.24) is 40.9 Å². The number of amides is 8. The van der Waals surface area contributed by atoms with E-state index in [1.807, 2.05) is 13.8 Å². The van der Waals surface area contributed by atoms with Gasteiger partial charge in [0.1, 0.15) is 0 Å². The number of carbonyl (C=O) groups excluding carboxylic acids is 8. The first-order valence-corrected chi connectivity index (χ1v) is 12.1. The number of hydrogen-bond acceptors (Lipinski definition) is 12. The topological polar surface area (TPSA) is 198 Å². The smallest absolute Gasteiger partial charge is 1.00 e. The van der Waals surface area contributed by atoms with Gasteiger partial charge in [-0.2, -0.15) is 0 Å². The number of imide groups is 4. The van der Waals surface area contributed by atoms with E-state index in [4.69, 9.17) is 0 Å². The summed E-state index contributed by atoms with van der Waals surface area (Å²) in [6.45, 7) is 5.89. The van der Waals surface area contributed by atoms with E-state index in [9.17, 15) is 38.4 Å². The second-order valence-corrected chi connectivity index (χ2v) is 9.73. The minimum atomic E-state index is -0.324. The lowest BCUT2D eigenvalue weighted by Gasteiger charge is -2.35. The summed E-state index contributed by atoms with van der Waals surface area (Å²) in [6.07, 6.45) is 0. The Bertz CT molecular complexity index is 912. The molecule has 4 heterocycles. The quantitative estimate of drug-likeness (QED) is 0.208. The highest BCUT2D eigenvalue weighted by Crippen LogP contribution is 2.07. The molecule has 0 spiro atoms. The molecule has 0 aromatic carbocycles. The first-order valence-electron chi connectivity index (χ1n) is 12.1. The number of carbonyl (C=O) groups is 8. The third-order valence-electron chi connectivity index (χ3n) is 6.26. The van der Waals surface area contributed by atoms with Crippen LogP contribution in [-0.4, -0.2) is 144 Å². The fraction of sp³-hybridized carbons (Fsp3) is 0.636. The second kappa shape index (κ2) is 15.7. The highest BCUT2D eigenvalue weighted by molar-refractivity contribution is 6.01. The zero-order valence-electron chi connectivity index (χ0n) is 24.0. The first-order chi connectivity index (χ1) is 17.9. The normalized spacial score (nSPS) is 22.9. The molecule has 2 atom stereocenters. The van der Waals surface area contributed by atoms with Crippen molar-refractivity contribution >= 4 is 47.3 Å². The van der Waals surface area contributed by atoms with E-state index in [1.165, 1.54) is 0 Å². The maximum Gasteiger partial charge on any atom is 1.00 e. The maximum atomic E-state index is 11.3. The van der Waals surface area contributed by atoms with Crippen molar-refractivity contribution in [1.29, 1.82) is 0 Å². The van der Waals surface area contributed by atoms with Gasteiger partial charge < -0.3 is 24.8 Å². The lowest BCUT2D eigenvalue weighted by atomic mass is 10.2. The lowest BCUT2D eigenvalue weighted by molar-refractivity contribution is -0.140. The highest BCUT2D eigenvalue weighted by Gasteiger charge is 2.31. The van der Waals surface area contributed by atoms with Gasteiger partial charge in [0.05, 0.1) is 52.4 Å². The van der Waals surface area contributed by atoms with Crippen molar-refractivity contribution in [3.05, 3.63) is 0 Å². The summed E-state index contributed by atoms with van der Waals surface area (Å²) >= 11 is 0. The third-order valence-corrected chi connectivity index (χ3v) is 6.26. The van der Waals surface area contributed by atoms with Crippen LogP contribution >= 0.6 is 0 Å². The molecule has 0 bridgehead atoms. The molecule has 0 aromatic heterocycles. The average molecular weight is 609 g/mol. The molecule has 8 amide bonds. The van der Waals surface area contributed by atoms with Gasteiger partial charge in [-0.05, 0) is 13.8 Å². The van der Waals surface area contributed by atoms with Crippen LogP contribution in [0.1, 0.15) is 16.7 Å². The van der Waals surface area contributed by atoms with E-state index in [0.717, 1.165) is 0 Å². The van der Waals surface area contributed by atoms with Gasteiger partial charge >= 0.3 is 2.85 Å². The molecule has 0 aromatic rings. The summed E-state index contributed by atoms with van der Waals surface area (Å²) in [7, 11) is 0. The molecule has 0 aliphatic carbocycles. The van der Waals surface area contributed by atoms with Crippen molar-refractivity contribution in [2.24, 2.45) is 0 Å². The fourth-order valence-corrected chi connectivity index (χ4v) is 4.57. The van der Waals surface area contributed by atoms with Crippen LogP contribution in [0.15, 0.2) is 0 Å². The molecule has 4 rings (SSSR count). The van der Waals surface area contributed by atoms with Gasteiger partial charge in [-0.3, -0.25) is 79.2 Å². The minimum absolute atomic E-state index is 0. The molecule has 4 N–H and O–H groups in total. The van der Waals surface area contributed by atoms with Gasteiger partial charge in [0.25, 0.3) is 0 Å². The van der Waals surface area contributed by atoms with Crippen molar-refractivity contribution in [3.63, 3.8) is 0 Å². The number of hydrogen-bond donors (Lipinski definition) is 4. The Labute approximate surface area is 245 Å². The highest BCUT2D eigenvalue weighted by atomic mass is 35.5. The van der Waals surface area contributed by atoms with E-state index >= 15 is 0 Å². The van der Waals surface area contributed by atoms with Gasteiger partial charge in [0.2, 0.25) is 47.3 Å². The van der Waals surface area contributed by atoms with Crippen molar-refractivity contribution in [3.8, 4) is 0 Å². The molecule has 0 unspecified atom stereocenters. The number of nitrogens with zero attached hydrogens (tertiary/aromatic N) is 4. The van der Waals surface area contributed by atoms with Gasteiger partial charge in [-0.15, -0.1) is 0 Å². The van der Waals surface area contributed by atoms with Crippen LogP contribution in [-0.2, 0) is 38.4 Å². The summed E-state index contributed by atoms with van der Waals surface area (Å²) in [6, 6.07) is -0.178. The van der Waals surface area contributed by atoms with Crippen LogP contribution in [0.3, 0.4) is 0 Å². The monoisotopic (exact) mass is 608 g/mol. The van der Waals surface area contributed by atoms with Crippen LogP contribution in [0.25, 0.3) is 0 Å². The molecular weight excluding hydrogens is 575 g/mol. The Morgan fingerprint density at radius 1 is 0.475 bits per heavy atom. The van der Waals surface area contributed by atoms with E-state index in [1.54, 1.807) is 19.6 Å². The predicted molar refractivity (Wildman–Crippen MR) is 130 cm³/mol. The van der Waals surface area contributed by atoms with Crippen molar-refractivity contribution in [2.75, 3.05) is 65.4 Å². The van der Waals surface area contributed by atoms with Crippen LogP contribution in [0.4, 0.5) is 0 Å². The standard InChI is InChI=1S/2C11H16N4O4.2ClH/c2*1-7(15-5-10(18)13-11(19)6-15)2-14-3-8(16)12-9(17)4-14;;/h2*7H,2-6H2,1H3,(H,12,16,17)(H,13,18,19);2*1H/t2*7-;;/m00../s1.